The van der Waals surface area contributed by atoms with E-state index in [1.54, 1.807) is 29.2 Å². The number of carbonyl (C=O) groups excluding carboxylic acids is 2. The summed E-state index contributed by atoms with van der Waals surface area (Å²) in [5.41, 5.74) is 0.490. The molecule has 4 nitrogen and oxygen atoms in total. The van der Waals surface area contributed by atoms with Crippen LogP contribution in [0.15, 0.2) is 54.6 Å². The van der Waals surface area contributed by atoms with Crippen LogP contribution in [-0.4, -0.2) is 29.8 Å². The van der Waals surface area contributed by atoms with Crippen LogP contribution in [0.5, 0.6) is 0 Å². The minimum absolute atomic E-state index is 0.0904. The summed E-state index contributed by atoms with van der Waals surface area (Å²) in [7, 11) is 0. The Hall–Kier alpha value is -3.09. The summed E-state index contributed by atoms with van der Waals surface area (Å²) in [6, 6.07) is 11.1. The highest BCUT2D eigenvalue weighted by Crippen LogP contribution is 2.29. The maximum absolute atomic E-state index is 12.7. The largest absolute Gasteiger partial charge is 0.416 e. The predicted octanol–water partition coefficient (Wildman–Crippen LogP) is 4.84. The van der Waals surface area contributed by atoms with Crippen molar-refractivity contribution in [1.82, 2.24) is 4.90 Å². The zero-order valence-corrected chi connectivity index (χ0v) is 15.6. The number of benzene rings is 2. The maximum Gasteiger partial charge on any atom is 0.416 e. The molecule has 0 bridgehead atoms. The molecule has 2 rings (SSSR count). The molecule has 0 aromatic heterocycles. The third-order valence-corrected chi connectivity index (χ3v) is 4.09. The highest BCUT2D eigenvalue weighted by molar-refractivity contribution is 6.02. The second-order valence-electron chi connectivity index (χ2n) is 6.00. The van der Waals surface area contributed by atoms with E-state index in [4.69, 9.17) is 0 Å². The first-order valence-corrected chi connectivity index (χ1v) is 8.80. The Bertz CT molecular complexity index is 855. The Morgan fingerprint density at radius 3 is 2.25 bits per heavy atom. The molecule has 0 spiro atoms. The van der Waals surface area contributed by atoms with Gasteiger partial charge >= 0.3 is 6.18 Å². The molecule has 28 heavy (non-hydrogen) atoms. The lowest BCUT2D eigenvalue weighted by Crippen LogP contribution is -2.30. The maximum atomic E-state index is 12.7. The second-order valence-corrected chi connectivity index (χ2v) is 6.00. The van der Waals surface area contributed by atoms with Crippen molar-refractivity contribution in [2.24, 2.45) is 0 Å². The fourth-order valence-electron chi connectivity index (χ4n) is 2.56. The zero-order valence-electron chi connectivity index (χ0n) is 15.6. The molecule has 0 saturated heterocycles. The molecule has 0 unspecified atom stereocenters. The Morgan fingerprint density at radius 2 is 1.68 bits per heavy atom. The highest BCUT2D eigenvalue weighted by atomic mass is 19.4. The molecule has 0 saturated carbocycles. The zero-order chi connectivity index (χ0) is 20.7. The van der Waals surface area contributed by atoms with E-state index in [1.807, 2.05) is 13.8 Å². The first kappa shape index (κ1) is 21.2. The van der Waals surface area contributed by atoms with Crippen molar-refractivity contribution in [2.75, 3.05) is 18.4 Å². The van der Waals surface area contributed by atoms with Gasteiger partial charge < -0.3 is 10.2 Å². The van der Waals surface area contributed by atoms with Crippen molar-refractivity contribution in [3.05, 3.63) is 71.3 Å². The molecule has 0 heterocycles. The van der Waals surface area contributed by atoms with Gasteiger partial charge in [0.05, 0.1) is 5.56 Å². The molecule has 0 aliphatic heterocycles. The van der Waals surface area contributed by atoms with Crippen molar-refractivity contribution in [2.45, 2.75) is 20.0 Å². The fraction of sp³-hybridized carbons (Fsp3) is 0.238. The molecular formula is C21H21F3N2O2. The summed E-state index contributed by atoms with van der Waals surface area (Å²) in [5, 5.41) is 2.61. The molecule has 0 radical (unpaired) electrons. The number of hydrogen-bond donors (Lipinski definition) is 1. The summed E-state index contributed by atoms with van der Waals surface area (Å²) in [6.45, 7) is 5.00. The van der Waals surface area contributed by atoms with Crippen LogP contribution in [0.1, 0.15) is 35.3 Å². The van der Waals surface area contributed by atoms with Crippen molar-refractivity contribution in [3.63, 3.8) is 0 Å². The van der Waals surface area contributed by atoms with E-state index in [-0.39, 0.29) is 11.5 Å². The number of halogens is 3. The predicted molar refractivity (Wildman–Crippen MR) is 103 cm³/mol. The van der Waals surface area contributed by atoms with E-state index in [0.717, 1.165) is 18.2 Å². The summed E-state index contributed by atoms with van der Waals surface area (Å²) in [6.07, 6.45) is -1.97. The number of carbonyl (C=O) groups is 2. The van der Waals surface area contributed by atoms with Crippen LogP contribution >= 0.6 is 0 Å². The molecule has 0 aliphatic rings. The second kappa shape index (κ2) is 9.21. The van der Waals surface area contributed by atoms with Crippen LogP contribution < -0.4 is 5.32 Å². The van der Waals surface area contributed by atoms with Gasteiger partial charge in [-0.3, -0.25) is 9.59 Å². The van der Waals surface area contributed by atoms with E-state index in [9.17, 15) is 22.8 Å². The Kier molecular flexibility index (Phi) is 6.98. The monoisotopic (exact) mass is 390 g/mol. The Morgan fingerprint density at radius 1 is 1.04 bits per heavy atom. The van der Waals surface area contributed by atoms with Crippen molar-refractivity contribution >= 4 is 23.6 Å². The lowest BCUT2D eigenvalue weighted by Gasteiger charge is -2.18. The molecule has 1 N–H and O–H groups in total. The topological polar surface area (TPSA) is 49.4 Å². The third-order valence-electron chi connectivity index (χ3n) is 4.09. The van der Waals surface area contributed by atoms with Gasteiger partial charge in [-0.1, -0.05) is 12.1 Å². The minimum atomic E-state index is -4.43. The smallest absolute Gasteiger partial charge is 0.339 e. The van der Waals surface area contributed by atoms with E-state index in [1.165, 1.54) is 18.2 Å². The van der Waals surface area contributed by atoms with Gasteiger partial charge in [0.25, 0.3) is 5.91 Å². The van der Waals surface area contributed by atoms with E-state index >= 15 is 0 Å². The van der Waals surface area contributed by atoms with Gasteiger partial charge in [0, 0.05) is 30.4 Å². The summed E-state index contributed by atoms with van der Waals surface area (Å²) in [4.78, 5) is 25.9. The highest BCUT2D eigenvalue weighted by Gasteiger charge is 2.30. The summed E-state index contributed by atoms with van der Waals surface area (Å²) in [5.74, 6) is -0.576. The first-order chi connectivity index (χ1) is 13.2. The molecular weight excluding hydrogens is 369 g/mol. The van der Waals surface area contributed by atoms with Crippen LogP contribution in [-0.2, 0) is 11.0 Å². The molecule has 148 valence electrons. The molecule has 7 heteroatoms. The molecule has 2 aromatic carbocycles. The molecule has 0 atom stereocenters. The van der Waals surface area contributed by atoms with Crippen LogP contribution in [0.2, 0.25) is 0 Å². The number of nitrogens with zero attached hydrogens (tertiary/aromatic N) is 1. The Labute approximate surface area is 161 Å². The van der Waals surface area contributed by atoms with E-state index in [2.05, 4.69) is 5.32 Å². The van der Waals surface area contributed by atoms with Gasteiger partial charge in [0.1, 0.15) is 0 Å². The molecule has 2 aromatic rings. The fourth-order valence-corrected chi connectivity index (χ4v) is 2.56. The van der Waals surface area contributed by atoms with E-state index in [0.29, 0.717) is 24.3 Å². The Balaban J connectivity index is 2.02. The van der Waals surface area contributed by atoms with Crippen molar-refractivity contribution < 1.29 is 22.8 Å². The number of alkyl halides is 3. The average Bonchev–Trinajstić information content (AvgIpc) is 2.67. The van der Waals surface area contributed by atoms with Crippen molar-refractivity contribution in [1.29, 1.82) is 0 Å². The van der Waals surface area contributed by atoms with Crippen LogP contribution in [0.4, 0.5) is 18.9 Å². The molecule has 2 amide bonds. The van der Waals surface area contributed by atoms with Crippen molar-refractivity contribution in [3.8, 4) is 0 Å². The number of rotatable bonds is 6. The summed E-state index contributed by atoms with van der Waals surface area (Å²) >= 11 is 0. The normalized spacial score (nSPS) is 11.5. The average molecular weight is 390 g/mol. The number of amides is 2. The van der Waals surface area contributed by atoms with Gasteiger partial charge in [-0.25, -0.2) is 0 Å². The lowest BCUT2D eigenvalue weighted by atomic mass is 10.1. The van der Waals surface area contributed by atoms with Crippen LogP contribution in [0.25, 0.3) is 6.08 Å². The third kappa shape index (κ3) is 5.70. The van der Waals surface area contributed by atoms with Gasteiger partial charge in [-0.2, -0.15) is 13.2 Å². The number of nitrogens with one attached hydrogen (secondary N) is 1. The van der Waals surface area contributed by atoms with Gasteiger partial charge in [0.15, 0.2) is 0 Å². The van der Waals surface area contributed by atoms with Crippen LogP contribution in [0.3, 0.4) is 0 Å². The first-order valence-electron chi connectivity index (χ1n) is 8.80. The quantitative estimate of drug-likeness (QED) is 0.718. The van der Waals surface area contributed by atoms with Gasteiger partial charge in [0.2, 0.25) is 5.91 Å². The van der Waals surface area contributed by atoms with Gasteiger partial charge in [-0.15, -0.1) is 0 Å². The van der Waals surface area contributed by atoms with Crippen LogP contribution in [0, 0.1) is 0 Å². The van der Waals surface area contributed by atoms with Gasteiger partial charge in [-0.05, 0) is 61.9 Å². The molecule has 0 fully saturated rings. The SMILES string of the molecule is CCN(CC)C(=O)c1ccc(NC(=O)/C=C/c2cccc(C(F)(F)F)c2)cc1. The van der Waals surface area contributed by atoms with E-state index < -0.39 is 17.6 Å². The molecule has 0 aliphatic carbocycles. The number of hydrogen-bond acceptors (Lipinski definition) is 2. The standard InChI is InChI=1S/C21H21F3N2O2/c1-3-26(4-2)20(28)16-9-11-18(12-10-16)25-19(27)13-8-15-6-5-7-17(14-15)21(22,23)24/h5-14H,3-4H2,1-2H3,(H,25,27)/b13-8+. The lowest BCUT2D eigenvalue weighted by molar-refractivity contribution is -0.137. The summed E-state index contributed by atoms with van der Waals surface area (Å²) < 4.78 is 38.1. The minimum Gasteiger partial charge on any atom is -0.339 e. The number of anilines is 1.